The molecule has 0 fully saturated rings. The van der Waals surface area contributed by atoms with Crippen molar-refractivity contribution in [1.82, 2.24) is 0 Å². The van der Waals surface area contributed by atoms with Gasteiger partial charge in [0.25, 0.3) is 0 Å². The minimum Gasteiger partial charge on any atom is -0.373 e. The van der Waals surface area contributed by atoms with Crippen LogP contribution in [0.25, 0.3) is 11.1 Å². The SMILES string of the molecule is C=CCOCc1ccc(-c2ccc(CCCC)cc2)cc1. The number of unbranched alkanes of at least 4 members (excludes halogenated alkanes) is 1. The summed E-state index contributed by atoms with van der Waals surface area (Å²) in [5, 5.41) is 0. The van der Waals surface area contributed by atoms with E-state index in [-0.39, 0.29) is 0 Å². The third kappa shape index (κ3) is 4.87. The molecule has 0 saturated heterocycles. The van der Waals surface area contributed by atoms with Gasteiger partial charge in [-0.05, 0) is 35.1 Å². The van der Waals surface area contributed by atoms with E-state index in [0.717, 1.165) is 0 Å². The molecule has 110 valence electrons. The Morgan fingerprint density at radius 1 is 0.905 bits per heavy atom. The van der Waals surface area contributed by atoms with E-state index in [0.29, 0.717) is 13.2 Å². The molecule has 0 spiro atoms. The predicted molar refractivity (Wildman–Crippen MR) is 90.3 cm³/mol. The lowest BCUT2D eigenvalue weighted by Crippen LogP contribution is -1.92. The van der Waals surface area contributed by atoms with Gasteiger partial charge in [0.1, 0.15) is 0 Å². The standard InChI is InChI=1S/C20H24O/c1-3-5-6-17-7-11-19(12-8-17)20-13-9-18(10-14-20)16-21-15-4-2/h4,7-14H,2-3,5-6,15-16H2,1H3. The summed E-state index contributed by atoms with van der Waals surface area (Å²) < 4.78 is 5.45. The molecular weight excluding hydrogens is 256 g/mol. The first-order chi connectivity index (χ1) is 10.3. The Bertz CT molecular complexity index is 537. The second kappa shape index (κ2) is 8.43. The van der Waals surface area contributed by atoms with E-state index >= 15 is 0 Å². The fraction of sp³-hybridized carbons (Fsp3) is 0.300. The lowest BCUT2D eigenvalue weighted by Gasteiger charge is -2.06. The molecule has 0 N–H and O–H groups in total. The van der Waals surface area contributed by atoms with Crippen LogP contribution in [0.5, 0.6) is 0 Å². The van der Waals surface area contributed by atoms with Crippen LogP contribution in [0.2, 0.25) is 0 Å². The third-order valence-electron chi connectivity index (χ3n) is 3.56. The van der Waals surface area contributed by atoms with Crippen LogP contribution in [0.1, 0.15) is 30.9 Å². The van der Waals surface area contributed by atoms with Crippen molar-refractivity contribution in [3.8, 4) is 11.1 Å². The van der Waals surface area contributed by atoms with Crippen LogP contribution in [-0.4, -0.2) is 6.61 Å². The smallest absolute Gasteiger partial charge is 0.0721 e. The van der Waals surface area contributed by atoms with Crippen molar-refractivity contribution in [2.45, 2.75) is 32.8 Å². The Balaban J connectivity index is 1.99. The van der Waals surface area contributed by atoms with E-state index in [9.17, 15) is 0 Å². The van der Waals surface area contributed by atoms with Gasteiger partial charge < -0.3 is 4.74 Å². The maximum atomic E-state index is 5.45. The minimum absolute atomic E-state index is 0.598. The number of benzene rings is 2. The summed E-state index contributed by atoms with van der Waals surface area (Å²) in [7, 11) is 0. The lowest BCUT2D eigenvalue weighted by molar-refractivity contribution is 0.149. The Morgan fingerprint density at radius 2 is 1.48 bits per heavy atom. The highest BCUT2D eigenvalue weighted by molar-refractivity contribution is 5.63. The van der Waals surface area contributed by atoms with Crippen molar-refractivity contribution in [2.75, 3.05) is 6.61 Å². The first-order valence-electron chi connectivity index (χ1n) is 7.70. The Morgan fingerprint density at radius 3 is 2.00 bits per heavy atom. The number of aryl methyl sites for hydroxylation is 1. The molecule has 21 heavy (non-hydrogen) atoms. The molecule has 0 aromatic heterocycles. The van der Waals surface area contributed by atoms with E-state index in [1.165, 1.54) is 41.5 Å². The predicted octanol–water partition coefficient (Wildman–Crippen LogP) is 5.40. The van der Waals surface area contributed by atoms with Crippen molar-refractivity contribution in [3.63, 3.8) is 0 Å². The maximum Gasteiger partial charge on any atom is 0.0721 e. The van der Waals surface area contributed by atoms with Gasteiger partial charge in [0.15, 0.2) is 0 Å². The van der Waals surface area contributed by atoms with E-state index in [2.05, 4.69) is 62.0 Å². The number of hydrogen-bond acceptors (Lipinski definition) is 1. The molecule has 0 heterocycles. The monoisotopic (exact) mass is 280 g/mol. The first-order valence-corrected chi connectivity index (χ1v) is 7.70. The average Bonchev–Trinajstić information content (AvgIpc) is 2.54. The molecule has 0 aliphatic carbocycles. The molecule has 0 atom stereocenters. The molecule has 0 aliphatic rings. The van der Waals surface area contributed by atoms with E-state index in [4.69, 9.17) is 4.74 Å². The van der Waals surface area contributed by atoms with Crippen molar-refractivity contribution in [1.29, 1.82) is 0 Å². The van der Waals surface area contributed by atoms with Crippen LogP contribution in [0.15, 0.2) is 61.2 Å². The van der Waals surface area contributed by atoms with Crippen LogP contribution in [0.4, 0.5) is 0 Å². The maximum absolute atomic E-state index is 5.45. The molecule has 0 amide bonds. The van der Waals surface area contributed by atoms with Crippen molar-refractivity contribution in [2.24, 2.45) is 0 Å². The van der Waals surface area contributed by atoms with Gasteiger partial charge >= 0.3 is 0 Å². The first kappa shape index (κ1) is 15.5. The highest BCUT2D eigenvalue weighted by Gasteiger charge is 1.99. The molecule has 1 nitrogen and oxygen atoms in total. The summed E-state index contributed by atoms with van der Waals surface area (Å²) in [5.74, 6) is 0. The molecule has 0 saturated carbocycles. The van der Waals surface area contributed by atoms with Crippen LogP contribution in [0.3, 0.4) is 0 Å². The van der Waals surface area contributed by atoms with E-state index in [1.807, 2.05) is 0 Å². The fourth-order valence-electron chi connectivity index (χ4n) is 2.30. The normalized spacial score (nSPS) is 10.5. The zero-order valence-electron chi connectivity index (χ0n) is 12.8. The molecule has 0 aliphatic heterocycles. The van der Waals surface area contributed by atoms with Gasteiger partial charge in [-0.15, -0.1) is 6.58 Å². The zero-order valence-corrected chi connectivity index (χ0v) is 12.8. The molecule has 2 aromatic rings. The van der Waals surface area contributed by atoms with E-state index < -0.39 is 0 Å². The molecule has 1 heteroatoms. The van der Waals surface area contributed by atoms with Gasteiger partial charge in [-0.2, -0.15) is 0 Å². The van der Waals surface area contributed by atoms with Crippen LogP contribution in [0, 0.1) is 0 Å². The third-order valence-corrected chi connectivity index (χ3v) is 3.56. The van der Waals surface area contributed by atoms with Gasteiger partial charge in [-0.1, -0.05) is 68.0 Å². The Labute approximate surface area is 128 Å². The largest absolute Gasteiger partial charge is 0.373 e. The topological polar surface area (TPSA) is 9.23 Å². The summed E-state index contributed by atoms with van der Waals surface area (Å²) in [5.41, 5.74) is 5.15. The van der Waals surface area contributed by atoms with Crippen LogP contribution in [-0.2, 0) is 17.8 Å². The number of ether oxygens (including phenoxy) is 1. The molecular formula is C20H24O. The van der Waals surface area contributed by atoms with Gasteiger partial charge in [-0.3, -0.25) is 0 Å². The molecule has 2 aromatic carbocycles. The van der Waals surface area contributed by atoms with Gasteiger partial charge in [0.05, 0.1) is 13.2 Å². The van der Waals surface area contributed by atoms with Gasteiger partial charge in [0, 0.05) is 0 Å². The molecule has 0 unspecified atom stereocenters. The highest BCUT2D eigenvalue weighted by Crippen LogP contribution is 2.21. The molecule has 2 rings (SSSR count). The molecule has 0 bridgehead atoms. The quantitative estimate of drug-likeness (QED) is 0.465. The number of hydrogen-bond donors (Lipinski definition) is 0. The summed E-state index contributed by atoms with van der Waals surface area (Å²) in [6.45, 7) is 7.12. The Kier molecular flexibility index (Phi) is 6.23. The Hall–Kier alpha value is -1.86. The summed E-state index contributed by atoms with van der Waals surface area (Å²) in [6, 6.07) is 17.5. The second-order valence-electron chi connectivity index (χ2n) is 5.30. The average molecular weight is 280 g/mol. The van der Waals surface area contributed by atoms with Crippen molar-refractivity contribution < 1.29 is 4.74 Å². The minimum atomic E-state index is 0.598. The lowest BCUT2D eigenvalue weighted by atomic mass is 10.0. The summed E-state index contributed by atoms with van der Waals surface area (Å²) >= 11 is 0. The second-order valence-corrected chi connectivity index (χ2v) is 5.30. The highest BCUT2D eigenvalue weighted by atomic mass is 16.5. The molecule has 0 radical (unpaired) electrons. The van der Waals surface area contributed by atoms with E-state index in [1.54, 1.807) is 6.08 Å². The van der Waals surface area contributed by atoms with Crippen molar-refractivity contribution in [3.05, 3.63) is 72.3 Å². The number of rotatable bonds is 8. The van der Waals surface area contributed by atoms with Crippen LogP contribution < -0.4 is 0 Å². The zero-order chi connectivity index (χ0) is 14.9. The summed E-state index contributed by atoms with van der Waals surface area (Å²) in [4.78, 5) is 0. The summed E-state index contributed by atoms with van der Waals surface area (Å²) in [6.07, 6.45) is 5.46. The van der Waals surface area contributed by atoms with Gasteiger partial charge in [-0.25, -0.2) is 0 Å². The van der Waals surface area contributed by atoms with Gasteiger partial charge in [0.2, 0.25) is 0 Å². The fourth-order valence-corrected chi connectivity index (χ4v) is 2.30. The van der Waals surface area contributed by atoms with Crippen LogP contribution >= 0.6 is 0 Å². The van der Waals surface area contributed by atoms with Crippen molar-refractivity contribution >= 4 is 0 Å².